The molecule has 8 heteroatoms. The third-order valence-corrected chi connectivity index (χ3v) is 6.63. The Balaban J connectivity index is 1.42. The Labute approximate surface area is 194 Å². The van der Waals surface area contributed by atoms with Crippen molar-refractivity contribution in [3.8, 4) is 0 Å². The zero-order valence-corrected chi connectivity index (χ0v) is 19.3. The Morgan fingerprint density at radius 2 is 1.90 bits per heavy atom. The summed E-state index contributed by atoms with van der Waals surface area (Å²) in [5, 5.41) is 10.7. The number of hydrogen-bond acceptors (Lipinski definition) is 4. The fourth-order valence-corrected chi connectivity index (χ4v) is 4.39. The lowest BCUT2D eigenvalue weighted by Gasteiger charge is -2.30. The Morgan fingerprint density at radius 1 is 1.10 bits per heavy atom. The number of carbonyl (C=O) groups excluding carboxylic acids is 2. The molecule has 3 rings (SSSR count). The Morgan fingerprint density at radius 3 is 2.68 bits per heavy atom. The molecule has 1 atom stereocenters. The van der Waals surface area contributed by atoms with Crippen molar-refractivity contribution in [2.45, 2.75) is 38.2 Å². The molecule has 2 heterocycles. The minimum Gasteiger partial charge on any atom is -0.392 e. The van der Waals surface area contributed by atoms with Crippen LogP contribution < -0.4 is 0 Å². The van der Waals surface area contributed by atoms with Gasteiger partial charge < -0.3 is 19.8 Å². The lowest BCUT2D eigenvalue weighted by molar-refractivity contribution is -0.130. The first-order valence-electron chi connectivity index (χ1n) is 11.0. The average Bonchev–Trinajstić information content (AvgIpc) is 2.93. The molecule has 0 radical (unpaired) electrons. The number of carbonyl (C=O) groups is 2. The van der Waals surface area contributed by atoms with E-state index >= 15 is 0 Å². The Hall–Kier alpha value is -1.60. The van der Waals surface area contributed by atoms with Crippen LogP contribution in [0.25, 0.3) is 6.08 Å². The molecule has 2 saturated heterocycles. The van der Waals surface area contributed by atoms with Gasteiger partial charge in [0.2, 0.25) is 11.8 Å². The maximum absolute atomic E-state index is 12.6. The van der Waals surface area contributed by atoms with Crippen LogP contribution in [0.1, 0.15) is 37.7 Å². The summed E-state index contributed by atoms with van der Waals surface area (Å²) in [6, 6.07) is 5.21. The van der Waals surface area contributed by atoms with E-state index in [-0.39, 0.29) is 17.9 Å². The molecular weight excluding hydrogens is 437 g/mol. The van der Waals surface area contributed by atoms with Crippen LogP contribution in [0.4, 0.5) is 0 Å². The standard InChI is InChI=1S/C23H31Cl2N3O3/c24-20-7-5-18(16-21(20)25)6-8-22(30)28-13-9-23(31)27(14-15-28)12-2-1-10-26-11-3-4-19(29)17-26/h5-8,16,19,29H,1-4,9-15,17H2. The quantitative estimate of drug-likeness (QED) is 0.493. The van der Waals surface area contributed by atoms with E-state index < -0.39 is 0 Å². The van der Waals surface area contributed by atoms with E-state index in [1.807, 2.05) is 4.90 Å². The zero-order valence-electron chi connectivity index (χ0n) is 17.8. The SMILES string of the molecule is O=C(C=Cc1ccc(Cl)c(Cl)c1)N1CCC(=O)N(CCCCN2CCCC(O)C2)CC1. The molecule has 1 aromatic carbocycles. The molecule has 1 unspecified atom stereocenters. The summed E-state index contributed by atoms with van der Waals surface area (Å²) in [6.45, 7) is 5.02. The summed E-state index contributed by atoms with van der Waals surface area (Å²) in [7, 11) is 0. The normalized spacial score (nSPS) is 21.0. The first-order chi connectivity index (χ1) is 14.9. The maximum Gasteiger partial charge on any atom is 0.246 e. The molecule has 6 nitrogen and oxygen atoms in total. The largest absolute Gasteiger partial charge is 0.392 e. The molecule has 1 aromatic rings. The van der Waals surface area contributed by atoms with E-state index in [0.29, 0.717) is 36.1 Å². The zero-order chi connectivity index (χ0) is 22.2. The van der Waals surface area contributed by atoms with Crippen LogP contribution in [-0.4, -0.2) is 83.5 Å². The second-order valence-corrected chi connectivity index (χ2v) is 9.08. The fourth-order valence-electron chi connectivity index (χ4n) is 4.08. The first-order valence-corrected chi connectivity index (χ1v) is 11.8. The summed E-state index contributed by atoms with van der Waals surface area (Å²) in [4.78, 5) is 30.9. The topological polar surface area (TPSA) is 64.1 Å². The van der Waals surface area contributed by atoms with E-state index in [2.05, 4.69) is 4.90 Å². The summed E-state index contributed by atoms with van der Waals surface area (Å²) in [6.07, 6.45) is 7.28. The van der Waals surface area contributed by atoms with E-state index in [9.17, 15) is 14.7 Å². The van der Waals surface area contributed by atoms with Crippen molar-refractivity contribution in [2.24, 2.45) is 0 Å². The van der Waals surface area contributed by atoms with Crippen LogP contribution in [-0.2, 0) is 9.59 Å². The molecule has 2 amide bonds. The second-order valence-electron chi connectivity index (χ2n) is 8.27. The van der Waals surface area contributed by atoms with Crippen molar-refractivity contribution in [1.82, 2.24) is 14.7 Å². The van der Waals surface area contributed by atoms with Gasteiger partial charge in [-0.3, -0.25) is 9.59 Å². The Kier molecular flexibility index (Phi) is 9.20. The van der Waals surface area contributed by atoms with Crippen LogP contribution in [0.15, 0.2) is 24.3 Å². The number of β-amino-alcohol motifs (C(OH)–C–C–N with tert-alkyl or cyclic N) is 1. The molecule has 1 N–H and O–H groups in total. The average molecular weight is 468 g/mol. The molecule has 0 aromatic heterocycles. The van der Waals surface area contributed by atoms with E-state index in [0.717, 1.165) is 57.4 Å². The summed E-state index contributed by atoms with van der Waals surface area (Å²) < 4.78 is 0. The number of piperidine rings is 1. The van der Waals surface area contributed by atoms with Gasteiger partial charge in [0.25, 0.3) is 0 Å². The monoisotopic (exact) mass is 467 g/mol. The number of unbranched alkanes of at least 4 members (excludes halogenated alkanes) is 1. The van der Waals surface area contributed by atoms with Crippen molar-refractivity contribution in [3.05, 3.63) is 39.9 Å². The summed E-state index contributed by atoms with van der Waals surface area (Å²) >= 11 is 11.9. The maximum atomic E-state index is 12.6. The third kappa shape index (κ3) is 7.49. The smallest absolute Gasteiger partial charge is 0.246 e. The van der Waals surface area contributed by atoms with Crippen molar-refractivity contribution in [2.75, 3.05) is 45.8 Å². The van der Waals surface area contributed by atoms with Gasteiger partial charge in [-0.25, -0.2) is 0 Å². The number of nitrogens with zero attached hydrogens (tertiary/aromatic N) is 3. The van der Waals surface area contributed by atoms with E-state index in [1.165, 1.54) is 6.08 Å². The van der Waals surface area contributed by atoms with Crippen LogP contribution in [0.5, 0.6) is 0 Å². The predicted octanol–water partition coefficient (Wildman–Crippen LogP) is 3.30. The number of aliphatic hydroxyl groups is 1. The highest BCUT2D eigenvalue weighted by Gasteiger charge is 2.23. The molecule has 2 aliphatic rings. The molecule has 2 fully saturated rings. The van der Waals surface area contributed by atoms with Gasteiger partial charge >= 0.3 is 0 Å². The molecule has 0 aliphatic carbocycles. The predicted molar refractivity (Wildman–Crippen MR) is 124 cm³/mol. The highest BCUT2D eigenvalue weighted by molar-refractivity contribution is 6.42. The molecule has 170 valence electrons. The molecule has 2 aliphatic heterocycles. The summed E-state index contributed by atoms with van der Waals surface area (Å²) in [5.74, 6) is 0.00142. The van der Waals surface area contributed by atoms with Gasteiger partial charge in [0.15, 0.2) is 0 Å². The van der Waals surface area contributed by atoms with E-state index in [1.54, 1.807) is 29.2 Å². The Bertz CT molecular complexity index is 802. The van der Waals surface area contributed by atoms with Gasteiger partial charge in [-0.2, -0.15) is 0 Å². The number of likely N-dealkylation sites (tertiary alicyclic amines) is 1. The lowest BCUT2D eigenvalue weighted by atomic mass is 10.1. The number of rotatable bonds is 7. The minimum absolute atomic E-state index is 0.107. The van der Waals surface area contributed by atoms with Gasteiger partial charge in [-0.15, -0.1) is 0 Å². The van der Waals surface area contributed by atoms with Crippen molar-refractivity contribution >= 4 is 41.1 Å². The number of hydrogen-bond donors (Lipinski definition) is 1. The highest BCUT2D eigenvalue weighted by atomic mass is 35.5. The fraction of sp³-hybridized carbons (Fsp3) is 0.565. The molecule has 0 bridgehead atoms. The van der Waals surface area contributed by atoms with Crippen LogP contribution in [0.3, 0.4) is 0 Å². The molecule has 31 heavy (non-hydrogen) atoms. The number of halogens is 2. The van der Waals surface area contributed by atoms with Crippen LogP contribution >= 0.6 is 23.2 Å². The van der Waals surface area contributed by atoms with Crippen molar-refractivity contribution < 1.29 is 14.7 Å². The van der Waals surface area contributed by atoms with Gasteiger partial charge in [0.1, 0.15) is 0 Å². The lowest BCUT2D eigenvalue weighted by Crippen LogP contribution is -2.39. The van der Waals surface area contributed by atoms with Gasteiger partial charge in [-0.05, 0) is 62.5 Å². The van der Waals surface area contributed by atoms with Gasteiger partial charge in [-0.1, -0.05) is 29.3 Å². The van der Waals surface area contributed by atoms with E-state index in [4.69, 9.17) is 23.2 Å². The molecule has 0 saturated carbocycles. The van der Waals surface area contributed by atoms with Crippen LogP contribution in [0.2, 0.25) is 10.0 Å². The number of amides is 2. The minimum atomic E-state index is -0.199. The third-order valence-electron chi connectivity index (χ3n) is 5.89. The number of aliphatic hydroxyl groups excluding tert-OH is 1. The van der Waals surface area contributed by atoms with Crippen molar-refractivity contribution in [3.63, 3.8) is 0 Å². The molecular formula is C23H31Cl2N3O3. The first kappa shape index (κ1) is 24.1. The van der Waals surface area contributed by atoms with Gasteiger partial charge in [0.05, 0.1) is 16.1 Å². The van der Waals surface area contributed by atoms with Crippen LogP contribution in [0, 0.1) is 0 Å². The molecule has 0 spiro atoms. The van der Waals surface area contributed by atoms with Gasteiger partial charge in [0, 0.05) is 45.2 Å². The number of benzene rings is 1. The summed E-state index contributed by atoms with van der Waals surface area (Å²) in [5.41, 5.74) is 0.802. The second kappa shape index (κ2) is 11.9. The highest BCUT2D eigenvalue weighted by Crippen LogP contribution is 2.23. The van der Waals surface area contributed by atoms with Crippen molar-refractivity contribution in [1.29, 1.82) is 0 Å².